The lowest BCUT2D eigenvalue weighted by atomic mass is 10.1. The van der Waals surface area contributed by atoms with E-state index in [1.165, 1.54) is 0 Å². The predicted molar refractivity (Wildman–Crippen MR) is 139 cm³/mol. The van der Waals surface area contributed by atoms with Gasteiger partial charge in [-0.15, -0.1) is 0 Å². The Morgan fingerprint density at radius 3 is 2.55 bits per heavy atom. The highest BCUT2D eigenvalue weighted by molar-refractivity contribution is 6.42. The summed E-state index contributed by atoms with van der Waals surface area (Å²) in [6.45, 7) is 4.25. The molecule has 0 radical (unpaired) electrons. The highest BCUT2D eigenvalue weighted by Gasteiger charge is 2.12. The smallest absolute Gasteiger partial charge is 0.335 e. The summed E-state index contributed by atoms with van der Waals surface area (Å²) in [4.78, 5) is 11.4. The minimum Gasteiger partial charge on any atom is -0.488 e. The molecule has 0 aromatic heterocycles. The summed E-state index contributed by atoms with van der Waals surface area (Å²) < 4.78 is 6.13. The van der Waals surface area contributed by atoms with Gasteiger partial charge in [0.15, 0.2) is 0 Å². The van der Waals surface area contributed by atoms with Crippen LogP contribution in [0.2, 0.25) is 10.0 Å². The summed E-state index contributed by atoms with van der Waals surface area (Å²) in [6.07, 6.45) is 5.75. The van der Waals surface area contributed by atoms with Crippen molar-refractivity contribution < 1.29 is 14.6 Å². The molecule has 0 heterocycles. The molecule has 0 aliphatic rings. The van der Waals surface area contributed by atoms with Gasteiger partial charge in [0.1, 0.15) is 12.4 Å². The second-order valence-corrected chi connectivity index (χ2v) is 7.97. The van der Waals surface area contributed by atoms with E-state index in [4.69, 9.17) is 27.9 Å². The number of nitrogens with one attached hydrogen (secondary N) is 1. The zero-order chi connectivity index (χ0) is 23.1. The number of halogens is 2. The Bertz CT molecular complexity index is 1190. The first-order valence-electron chi connectivity index (χ1n) is 9.98. The van der Waals surface area contributed by atoms with Crippen LogP contribution in [0.15, 0.2) is 78.9 Å². The highest BCUT2D eigenvalue weighted by atomic mass is 35.5. The first-order valence-corrected chi connectivity index (χ1v) is 10.7. The van der Waals surface area contributed by atoms with E-state index in [2.05, 4.69) is 5.32 Å². The van der Waals surface area contributed by atoms with Crippen LogP contribution < -0.4 is 10.1 Å². The van der Waals surface area contributed by atoms with Crippen LogP contribution in [0.5, 0.6) is 5.75 Å². The second-order valence-electron chi connectivity index (χ2n) is 7.15. The van der Waals surface area contributed by atoms with E-state index in [1.807, 2.05) is 62.4 Å². The lowest BCUT2D eigenvalue weighted by Gasteiger charge is -2.17. The molecule has 0 unspecified atom stereocenters. The number of carboxylic acids is 1. The van der Waals surface area contributed by atoms with Gasteiger partial charge >= 0.3 is 5.97 Å². The first kappa shape index (κ1) is 26.0. The molecular formula is C27H27Cl2NO3. The molecule has 3 rings (SSSR count). The zero-order valence-electron chi connectivity index (χ0n) is 17.7. The lowest BCUT2D eigenvalue weighted by Crippen LogP contribution is -2.05. The van der Waals surface area contributed by atoms with Crippen molar-refractivity contribution in [1.82, 2.24) is 0 Å². The monoisotopic (exact) mass is 483 g/mol. The molecule has 3 aromatic carbocycles. The molecule has 0 fully saturated rings. The van der Waals surface area contributed by atoms with Gasteiger partial charge in [-0.2, -0.15) is 0 Å². The number of allylic oxidation sites excluding steroid dienone is 3. The van der Waals surface area contributed by atoms with E-state index in [1.54, 1.807) is 30.3 Å². The van der Waals surface area contributed by atoms with Crippen LogP contribution in [0, 0.1) is 6.92 Å². The van der Waals surface area contributed by atoms with Gasteiger partial charge in [0.05, 0.1) is 15.6 Å². The maximum atomic E-state index is 11.4. The highest BCUT2D eigenvalue weighted by Crippen LogP contribution is 2.30. The standard InChI is InChI=1S/C26H23Cl2NO3.CH4/c1-3-4-8-24(29-20-7-5-6-19(15-20)26(30)31)21-13-17(2)9-12-25(21)32-16-18-10-11-22(27)23(28)14-18;/h3-15,29H,16H2,1-2H3,(H,30,31);1H4/b4-3+,24-8-;. The number of aromatic carboxylic acids is 1. The van der Waals surface area contributed by atoms with Crippen LogP contribution in [0.25, 0.3) is 5.70 Å². The van der Waals surface area contributed by atoms with E-state index < -0.39 is 5.97 Å². The molecule has 172 valence electrons. The third-order valence-corrected chi connectivity index (χ3v) is 5.39. The van der Waals surface area contributed by atoms with Gasteiger partial charge in [0, 0.05) is 16.9 Å². The Labute approximate surface area is 205 Å². The Balaban J connectivity index is 0.00000385. The quantitative estimate of drug-likeness (QED) is 0.316. The summed E-state index contributed by atoms with van der Waals surface area (Å²) in [6, 6.07) is 18.0. The van der Waals surface area contributed by atoms with E-state index in [9.17, 15) is 9.90 Å². The maximum absolute atomic E-state index is 11.4. The third kappa shape index (κ3) is 7.14. The molecule has 3 aromatic rings. The van der Waals surface area contributed by atoms with Gasteiger partial charge in [0.25, 0.3) is 0 Å². The van der Waals surface area contributed by atoms with Crippen LogP contribution in [0.4, 0.5) is 5.69 Å². The van der Waals surface area contributed by atoms with E-state index >= 15 is 0 Å². The Morgan fingerprint density at radius 1 is 1.06 bits per heavy atom. The number of carbonyl (C=O) groups is 1. The number of hydrogen-bond acceptors (Lipinski definition) is 3. The number of rotatable bonds is 8. The lowest BCUT2D eigenvalue weighted by molar-refractivity contribution is 0.0697. The van der Waals surface area contributed by atoms with Crippen LogP contribution in [0.1, 0.15) is 41.4 Å². The molecule has 0 saturated carbocycles. The third-order valence-electron chi connectivity index (χ3n) is 4.65. The summed E-state index contributed by atoms with van der Waals surface area (Å²) in [5.74, 6) is -0.298. The molecular weight excluding hydrogens is 457 g/mol. The summed E-state index contributed by atoms with van der Waals surface area (Å²) >= 11 is 12.1. The van der Waals surface area contributed by atoms with Crippen molar-refractivity contribution in [3.63, 3.8) is 0 Å². The van der Waals surface area contributed by atoms with Gasteiger partial charge in [0.2, 0.25) is 0 Å². The normalized spacial score (nSPS) is 11.2. The second kappa shape index (κ2) is 12.1. The zero-order valence-corrected chi connectivity index (χ0v) is 19.2. The fraction of sp³-hybridized carbons (Fsp3) is 0.148. The molecule has 33 heavy (non-hydrogen) atoms. The minimum atomic E-state index is -0.978. The van der Waals surface area contributed by atoms with Crippen LogP contribution in [-0.4, -0.2) is 11.1 Å². The Hall–Kier alpha value is -3.21. The Morgan fingerprint density at radius 2 is 1.85 bits per heavy atom. The molecule has 0 bridgehead atoms. The molecule has 4 nitrogen and oxygen atoms in total. The average molecular weight is 484 g/mol. The topological polar surface area (TPSA) is 58.6 Å². The number of aryl methyl sites for hydroxylation is 1. The fourth-order valence-electron chi connectivity index (χ4n) is 3.05. The molecule has 0 aliphatic carbocycles. The molecule has 0 amide bonds. The largest absolute Gasteiger partial charge is 0.488 e. The van der Waals surface area contributed by atoms with Crippen LogP contribution in [0.3, 0.4) is 0 Å². The summed E-state index contributed by atoms with van der Waals surface area (Å²) in [7, 11) is 0. The van der Waals surface area contributed by atoms with Gasteiger partial charge in [-0.05, 0) is 68.0 Å². The average Bonchev–Trinajstić information content (AvgIpc) is 2.78. The van der Waals surface area contributed by atoms with Crippen molar-refractivity contribution in [3.05, 3.63) is 111 Å². The van der Waals surface area contributed by atoms with Crippen LogP contribution in [-0.2, 0) is 6.61 Å². The SMILES string of the molecule is C.C/C=C/C=C(\Nc1cccc(C(=O)O)c1)c1cc(C)ccc1OCc1ccc(Cl)c(Cl)c1. The molecule has 0 spiro atoms. The number of ether oxygens (including phenoxy) is 1. The minimum absolute atomic E-state index is 0. The molecule has 0 saturated heterocycles. The molecule has 0 aliphatic heterocycles. The Kier molecular flexibility index (Phi) is 9.58. The molecule has 6 heteroatoms. The first-order chi connectivity index (χ1) is 15.4. The van der Waals surface area contributed by atoms with Crippen molar-refractivity contribution in [3.8, 4) is 5.75 Å². The van der Waals surface area contributed by atoms with Gasteiger partial charge < -0.3 is 15.2 Å². The van der Waals surface area contributed by atoms with Crippen molar-refractivity contribution in [2.75, 3.05) is 5.32 Å². The molecule has 0 atom stereocenters. The number of carboxylic acid groups (broad SMARTS) is 1. The number of anilines is 1. The van der Waals surface area contributed by atoms with E-state index in [0.29, 0.717) is 28.1 Å². The maximum Gasteiger partial charge on any atom is 0.335 e. The van der Waals surface area contributed by atoms with Gasteiger partial charge in [-0.25, -0.2) is 4.79 Å². The van der Waals surface area contributed by atoms with Crippen molar-refractivity contribution >= 4 is 40.6 Å². The molecule has 2 N–H and O–H groups in total. The number of benzene rings is 3. The van der Waals surface area contributed by atoms with Crippen molar-refractivity contribution in [2.45, 2.75) is 27.9 Å². The van der Waals surface area contributed by atoms with Crippen LogP contribution >= 0.6 is 23.2 Å². The van der Waals surface area contributed by atoms with Crippen molar-refractivity contribution in [2.24, 2.45) is 0 Å². The fourth-order valence-corrected chi connectivity index (χ4v) is 3.37. The predicted octanol–water partition coefficient (Wildman–Crippen LogP) is 8.24. The van der Waals surface area contributed by atoms with Gasteiger partial charge in [-0.3, -0.25) is 0 Å². The van der Waals surface area contributed by atoms with E-state index in [0.717, 1.165) is 22.4 Å². The summed E-state index contributed by atoms with van der Waals surface area (Å²) in [5, 5.41) is 13.6. The van der Waals surface area contributed by atoms with E-state index in [-0.39, 0.29) is 13.0 Å². The summed E-state index contributed by atoms with van der Waals surface area (Å²) in [5.41, 5.74) is 4.46. The van der Waals surface area contributed by atoms with Gasteiger partial charge in [-0.1, -0.05) is 66.5 Å². The number of hydrogen-bond donors (Lipinski definition) is 2. The van der Waals surface area contributed by atoms with Crippen molar-refractivity contribution in [1.29, 1.82) is 0 Å².